The van der Waals surface area contributed by atoms with Gasteiger partial charge in [0.05, 0.1) is 39.0 Å². The second-order valence-corrected chi connectivity index (χ2v) is 7.01. The van der Waals surface area contributed by atoms with E-state index >= 15 is 0 Å². The van der Waals surface area contributed by atoms with Crippen molar-refractivity contribution in [2.24, 2.45) is 5.73 Å². The Hall–Kier alpha value is -3.40. The number of benzene rings is 2. The van der Waals surface area contributed by atoms with Crippen molar-refractivity contribution in [3.63, 3.8) is 0 Å². The highest BCUT2D eigenvalue weighted by atomic mass is 79.9. The van der Waals surface area contributed by atoms with Crippen molar-refractivity contribution in [3.05, 3.63) is 45.9 Å². The maximum atomic E-state index is 11.5. The minimum absolute atomic E-state index is 0.142. The lowest BCUT2D eigenvalue weighted by Crippen LogP contribution is -2.46. The first-order valence-corrected chi connectivity index (χ1v) is 8.82. The van der Waals surface area contributed by atoms with Gasteiger partial charge in [-0.15, -0.1) is 0 Å². The summed E-state index contributed by atoms with van der Waals surface area (Å²) < 4.78 is 0.220. The van der Waals surface area contributed by atoms with Crippen molar-refractivity contribution < 1.29 is 30.3 Å². The minimum Gasteiger partial charge on any atom is -0.506 e. The maximum absolute atomic E-state index is 11.5. The van der Waals surface area contributed by atoms with Gasteiger partial charge >= 0.3 is 11.9 Å². The van der Waals surface area contributed by atoms with Gasteiger partial charge in [-0.25, -0.2) is 4.98 Å². The highest BCUT2D eigenvalue weighted by Crippen LogP contribution is 2.38. The third kappa shape index (κ3) is 3.67. The summed E-state index contributed by atoms with van der Waals surface area (Å²) in [7, 11) is 0. The van der Waals surface area contributed by atoms with Crippen LogP contribution in [0.15, 0.2) is 34.8 Å². The van der Waals surface area contributed by atoms with Gasteiger partial charge in [-0.2, -0.15) is 0 Å². The summed E-state index contributed by atoms with van der Waals surface area (Å²) in [5.41, 5.74) is 7.84. The Kier molecular flexibility index (Phi) is 5.06. The molecule has 0 fully saturated rings. The molecule has 28 heavy (non-hydrogen) atoms. The highest BCUT2D eigenvalue weighted by molar-refractivity contribution is 9.10. The number of aromatic amines is 1. The molecule has 9 nitrogen and oxygen atoms in total. The molecule has 0 bridgehead atoms. The van der Waals surface area contributed by atoms with Crippen molar-refractivity contribution >= 4 is 44.7 Å². The summed E-state index contributed by atoms with van der Waals surface area (Å²) in [5, 5.41) is 34.4. The molecule has 1 aromatic heterocycles. The molecule has 0 aliphatic heterocycles. The Balaban J connectivity index is 2.14. The molecular weight excluding hydrogens is 432 g/mol. The first-order chi connectivity index (χ1) is 13.2. The molecule has 3 aromatic rings. The van der Waals surface area contributed by atoms with Crippen LogP contribution in [0, 0.1) is 0 Å². The van der Waals surface area contributed by atoms with Crippen molar-refractivity contribution in [2.75, 3.05) is 0 Å². The number of rotatable bonds is 6. The van der Waals surface area contributed by atoms with Crippen LogP contribution in [0.5, 0.6) is 5.75 Å². The molecule has 0 aliphatic rings. The topological polar surface area (TPSA) is 175 Å². The van der Waals surface area contributed by atoms with E-state index in [4.69, 9.17) is 16.2 Å². The van der Waals surface area contributed by atoms with Gasteiger partial charge in [-0.3, -0.25) is 20.7 Å². The van der Waals surface area contributed by atoms with E-state index in [-0.39, 0.29) is 33.0 Å². The number of nitrogens with zero attached hydrogens (tertiary/aromatic N) is 1. The van der Waals surface area contributed by atoms with Crippen molar-refractivity contribution in [2.45, 2.75) is 12.3 Å². The molecule has 0 spiro atoms. The minimum atomic E-state index is -1.28. The smallest absolute Gasteiger partial charge is 0.311 e. The van der Waals surface area contributed by atoms with Crippen LogP contribution in [0.4, 0.5) is 0 Å². The molecular formula is C18H16BrN4O5+. The van der Waals surface area contributed by atoms with E-state index in [2.05, 4.69) is 25.9 Å². The molecule has 8 N–H and O–H groups in total. The number of aromatic nitrogens is 2. The summed E-state index contributed by atoms with van der Waals surface area (Å²) in [6.45, 7) is 0. The lowest BCUT2D eigenvalue weighted by atomic mass is 9.94. The van der Waals surface area contributed by atoms with Crippen molar-refractivity contribution in [1.29, 1.82) is 0 Å². The number of carboxylic acid groups (broad SMARTS) is 2. The van der Waals surface area contributed by atoms with E-state index in [1.807, 2.05) is 0 Å². The Morgan fingerprint density at radius 2 is 1.96 bits per heavy atom. The van der Waals surface area contributed by atoms with Crippen LogP contribution < -0.4 is 11.1 Å². The molecule has 2 aromatic carbocycles. The van der Waals surface area contributed by atoms with Crippen LogP contribution in [0.2, 0.25) is 0 Å². The number of H-pyrrole nitrogens is 1. The Morgan fingerprint density at radius 1 is 1.25 bits per heavy atom. The van der Waals surface area contributed by atoms with E-state index < -0.39 is 24.3 Å². The molecule has 0 saturated heterocycles. The monoisotopic (exact) mass is 447 g/mol. The Bertz CT molecular complexity index is 1120. The predicted molar refractivity (Wildman–Crippen MR) is 104 cm³/mol. The number of amidine groups is 1. The fraction of sp³-hybridized carbons (Fsp3) is 0.111. The number of phenolic OH excluding ortho intramolecular Hbond substituents is 1. The number of fused-ring (bicyclic) bond motifs is 1. The molecule has 0 aliphatic carbocycles. The number of carboxylic acids is 2. The zero-order valence-electron chi connectivity index (χ0n) is 14.3. The lowest BCUT2D eigenvalue weighted by Gasteiger charge is -2.13. The largest absolute Gasteiger partial charge is 0.506 e. The van der Waals surface area contributed by atoms with E-state index in [0.29, 0.717) is 16.6 Å². The molecule has 0 saturated carbocycles. The van der Waals surface area contributed by atoms with Crippen LogP contribution in [-0.4, -0.2) is 43.1 Å². The van der Waals surface area contributed by atoms with Gasteiger partial charge in [0.25, 0.3) is 5.84 Å². The molecule has 0 unspecified atom stereocenters. The summed E-state index contributed by atoms with van der Waals surface area (Å²) in [6.07, 6.45) is -0.596. The normalized spacial score (nSPS) is 12.0. The van der Waals surface area contributed by atoms with E-state index in [1.54, 1.807) is 18.2 Å². The average Bonchev–Trinajstić information content (AvgIpc) is 3.04. The maximum Gasteiger partial charge on any atom is 0.311 e. The SMILES string of the molecule is NC(=[NH2+])c1ccc2nc(-c3cc([C@@H](CC(=O)O)C(=O)O)cc(Br)c3O)[nH]c2c1. The standard InChI is InChI=1S/C18H15BrN4O5/c19-11-4-8(9(18(27)28)6-14(24)25)3-10(15(11)26)17-22-12-2-1-7(16(20)21)5-13(12)23-17/h1-5,9,26H,6H2,(H3,20,21)(H,22,23)(H,24,25)(H,27,28)/p+1/t9-/m1/s1. The third-order valence-electron chi connectivity index (χ3n) is 4.24. The van der Waals surface area contributed by atoms with Crippen LogP contribution in [0.3, 0.4) is 0 Å². The molecule has 144 valence electrons. The number of aliphatic carboxylic acids is 2. The molecule has 0 radical (unpaired) electrons. The molecule has 10 heteroatoms. The second-order valence-electron chi connectivity index (χ2n) is 6.16. The second kappa shape index (κ2) is 7.31. The number of nitrogens with one attached hydrogen (secondary N) is 1. The zero-order chi connectivity index (χ0) is 20.6. The number of hydrogen-bond acceptors (Lipinski definition) is 4. The van der Waals surface area contributed by atoms with Gasteiger partial charge in [0, 0.05) is 0 Å². The number of imidazole rings is 1. The van der Waals surface area contributed by atoms with Gasteiger partial charge < -0.3 is 20.3 Å². The first-order valence-electron chi connectivity index (χ1n) is 8.02. The average molecular weight is 448 g/mol. The summed E-state index contributed by atoms with van der Waals surface area (Å²) in [6, 6.07) is 7.88. The van der Waals surface area contributed by atoms with Crippen LogP contribution in [0.1, 0.15) is 23.5 Å². The molecule has 1 atom stereocenters. The van der Waals surface area contributed by atoms with Crippen LogP contribution >= 0.6 is 15.9 Å². The fourth-order valence-corrected chi connectivity index (χ4v) is 3.32. The van der Waals surface area contributed by atoms with E-state index in [0.717, 1.165) is 0 Å². The quantitative estimate of drug-likeness (QED) is 0.239. The van der Waals surface area contributed by atoms with Gasteiger partial charge in [-0.1, -0.05) is 0 Å². The number of aromatic hydroxyl groups is 1. The number of halogens is 1. The number of nitrogens with two attached hydrogens (primary N) is 2. The van der Waals surface area contributed by atoms with Gasteiger partial charge in [0.2, 0.25) is 0 Å². The Morgan fingerprint density at radius 3 is 2.57 bits per heavy atom. The zero-order valence-corrected chi connectivity index (χ0v) is 15.9. The van der Waals surface area contributed by atoms with E-state index in [1.165, 1.54) is 12.1 Å². The van der Waals surface area contributed by atoms with Gasteiger partial charge in [-0.05, 0) is 51.8 Å². The fourth-order valence-electron chi connectivity index (χ4n) is 2.84. The number of carbonyl (C=O) groups is 2. The third-order valence-corrected chi connectivity index (χ3v) is 4.84. The highest BCUT2D eigenvalue weighted by Gasteiger charge is 2.26. The first kappa shape index (κ1) is 19.4. The number of phenols is 1. The van der Waals surface area contributed by atoms with Crippen LogP contribution in [-0.2, 0) is 9.59 Å². The summed E-state index contributed by atoms with van der Waals surface area (Å²) in [4.78, 5) is 30.0. The molecule has 1 heterocycles. The van der Waals surface area contributed by atoms with Crippen molar-refractivity contribution in [3.8, 4) is 17.1 Å². The molecule has 0 amide bonds. The van der Waals surface area contributed by atoms with Gasteiger partial charge in [0.15, 0.2) is 0 Å². The molecule has 3 rings (SSSR count). The van der Waals surface area contributed by atoms with Crippen LogP contribution in [0.25, 0.3) is 22.4 Å². The van der Waals surface area contributed by atoms with E-state index in [9.17, 15) is 19.8 Å². The predicted octanol–water partition coefficient (Wildman–Crippen LogP) is 0.805. The van der Waals surface area contributed by atoms with Crippen molar-refractivity contribution in [1.82, 2.24) is 9.97 Å². The lowest BCUT2D eigenvalue weighted by molar-refractivity contribution is -0.145. The van der Waals surface area contributed by atoms with Gasteiger partial charge in [0.1, 0.15) is 11.6 Å². The number of hydrogen-bond donors (Lipinski definition) is 6. The Labute approximate surface area is 166 Å². The summed E-state index contributed by atoms with van der Waals surface area (Å²) >= 11 is 3.18. The summed E-state index contributed by atoms with van der Waals surface area (Å²) in [5.74, 6) is -3.55.